The number of hydrogen-bond acceptors (Lipinski definition) is 4. The first-order valence-corrected chi connectivity index (χ1v) is 7.00. The minimum absolute atomic E-state index is 0.426. The molecular weight excluding hydrogens is 220 g/mol. The van der Waals surface area contributed by atoms with Gasteiger partial charge in [0.2, 0.25) is 0 Å². The van der Waals surface area contributed by atoms with Crippen LogP contribution in [-0.4, -0.2) is 23.7 Å². The average molecular weight is 238 g/mol. The van der Waals surface area contributed by atoms with Crippen LogP contribution in [0.1, 0.15) is 35.6 Å². The van der Waals surface area contributed by atoms with Gasteiger partial charge in [0.1, 0.15) is 0 Å². The number of aromatic nitrogens is 1. The lowest BCUT2D eigenvalue weighted by molar-refractivity contribution is 0.111. The minimum atomic E-state index is 0.426. The minimum Gasteiger partial charge on any atom is -0.378 e. The molecule has 1 unspecified atom stereocenters. The number of hydrogen-bond donors (Lipinski definition) is 1. The Morgan fingerprint density at radius 1 is 1.44 bits per heavy atom. The fraction of sp³-hybridized carbons (Fsp3) is 0.750. The quantitative estimate of drug-likeness (QED) is 0.853. The fourth-order valence-electron chi connectivity index (χ4n) is 2.06. The Morgan fingerprint density at radius 2 is 2.38 bits per heavy atom. The predicted molar refractivity (Wildman–Crippen MR) is 64.7 cm³/mol. The number of ether oxygens (including phenoxy) is 1. The van der Waals surface area contributed by atoms with E-state index < -0.39 is 0 Å². The average Bonchev–Trinajstić information content (AvgIpc) is 2.78. The van der Waals surface area contributed by atoms with Crippen molar-refractivity contribution in [2.24, 2.45) is 0 Å². The maximum Gasteiger partial charge on any atom is 0.0954 e. The molecule has 88 valence electrons. The van der Waals surface area contributed by atoms with Crippen LogP contribution in [0.25, 0.3) is 0 Å². The summed E-state index contributed by atoms with van der Waals surface area (Å²) in [5, 5.41) is 4.75. The predicted octanol–water partition coefficient (Wildman–Crippen LogP) is 2.12. The van der Waals surface area contributed by atoms with Gasteiger partial charge in [-0.3, -0.25) is 0 Å². The summed E-state index contributed by atoms with van der Waals surface area (Å²) in [6.07, 6.45) is 8.57. The van der Waals surface area contributed by atoms with Crippen LogP contribution in [0.5, 0.6) is 0 Å². The molecule has 16 heavy (non-hydrogen) atoms. The topological polar surface area (TPSA) is 34.1 Å². The highest BCUT2D eigenvalue weighted by Crippen LogP contribution is 2.23. The van der Waals surface area contributed by atoms with Crippen molar-refractivity contribution in [1.82, 2.24) is 10.3 Å². The second kappa shape index (κ2) is 4.82. The van der Waals surface area contributed by atoms with Crippen LogP contribution in [0.2, 0.25) is 0 Å². The lowest BCUT2D eigenvalue weighted by Gasteiger charge is -2.05. The summed E-state index contributed by atoms with van der Waals surface area (Å²) in [7, 11) is 0. The highest BCUT2D eigenvalue weighted by atomic mass is 32.1. The highest BCUT2D eigenvalue weighted by molar-refractivity contribution is 7.11. The Balaban J connectivity index is 1.50. The van der Waals surface area contributed by atoms with Crippen molar-refractivity contribution < 1.29 is 4.74 Å². The van der Waals surface area contributed by atoms with E-state index in [-0.39, 0.29) is 0 Å². The van der Waals surface area contributed by atoms with Crippen LogP contribution in [0.15, 0.2) is 6.20 Å². The molecule has 2 aliphatic rings. The molecule has 1 aromatic heterocycles. The molecule has 1 N–H and O–H groups in total. The zero-order chi connectivity index (χ0) is 10.8. The van der Waals surface area contributed by atoms with Crippen LogP contribution in [0.4, 0.5) is 0 Å². The molecule has 2 fully saturated rings. The van der Waals surface area contributed by atoms with Crippen molar-refractivity contribution in [3.05, 3.63) is 16.1 Å². The molecule has 4 heteroatoms. The van der Waals surface area contributed by atoms with Crippen molar-refractivity contribution in [3.63, 3.8) is 0 Å². The summed E-state index contributed by atoms with van der Waals surface area (Å²) in [6.45, 7) is 1.93. The molecule has 1 saturated carbocycles. The van der Waals surface area contributed by atoms with E-state index in [1.807, 2.05) is 17.5 Å². The number of rotatable bonds is 5. The Morgan fingerprint density at radius 3 is 3.12 bits per heavy atom. The van der Waals surface area contributed by atoms with Crippen LogP contribution < -0.4 is 5.32 Å². The van der Waals surface area contributed by atoms with Crippen molar-refractivity contribution in [2.75, 3.05) is 6.61 Å². The second-order valence-corrected chi connectivity index (χ2v) is 5.91. The first-order chi connectivity index (χ1) is 7.90. The van der Waals surface area contributed by atoms with E-state index in [4.69, 9.17) is 4.74 Å². The molecule has 0 bridgehead atoms. The van der Waals surface area contributed by atoms with Gasteiger partial charge in [-0.2, -0.15) is 0 Å². The van der Waals surface area contributed by atoms with E-state index >= 15 is 0 Å². The monoisotopic (exact) mass is 238 g/mol. The van der Waals surface area contributed by atoms with Gasteiger partial charge in [-0.1, -0.05) is 0 Å². The van der Waals surface area contributed by atoms with Gasteiger partial charge in [0.15, 0.2) is 0 Å². The summed E-state index contributed by atoms with van der Waals surface area (Å²) in [6, 6.07) is 0.781. The molecule has 1 aliphatic heterocycles. The summed E-state index contributed by atoms with van der Waals surface area (Å²) in [4.78, 5) is 5.84. The van der Waals surface area contributed by atoms with Crippen LogP contribution in [0.3, 0.4) is 0 Å². The van der Waals surface area contributed by atoms with Crippen molar-refractivity contribution in [1.29, 1.82) is 0 Å². The van der Waals surface area contributed by atoms with E-state index in [1.165, 1.54) is 35.6 Å². The zero-order valence-electron chi connectivity index (χ0n) is 9.45. The molecule has 3 nitrogen and oxygen atoms in total. The molecule has 1 aliphatic carbocycles. The SMILES string of the molecule is c1nc(CC2CCCO2)sc1CNC1CC1. The molecule has 0 spiro atoms. The maximum atomic E-state index is 5.63. The normalized spacial score (nSPS) is 25.1. The lowest BCUT2D eigenvalue weighted by Crippen LogP contribution is -2.14. The summed E-state index contributed by atoms with van der Waals surface area (Å²) in [5.41, 5.74) is 0. The summed E-state index contributed by atoms with van der Waals surface area (Å²) in [5.74, 6) is 0. The first kappa shape index (κ1) is 10.7. The number of nitrogens with zero attached hydrogens (tertiary/aromatic N) is 1. The van der Waals surface area contributed by atoms with Gasteiger partial charge in [-0.05, 0) is 25.7 Å². The van der Waals surface area contributed by atoms with Gasteiger partial charge in [0, 0.05) is 36.7 Å². The van der Waals surface area contributed by atoms with Gasteiger partial charge in [-0.25, -0.2) is 4.98 Å². The van der Waals surface area contributed by atoms with Crippen LogP contribution in [-0.2, 0) is 17.7 Å². The smallest absolute Gasteiger partial charge is 0.0954 e. The standard InChI is InChI=1S/C12H18N2OS/c1-2-10(15-5-1)6-12-14-8-11(16-12)7-13-9-3-4-9/h8-10,13H,1-7H2. The van der Waals surface area contributed by atoms with Gasteiger partial charge >= 0.3 is 0 Å². The van der Waals surface area contributed by atoms with Crippen molar-refractivity contribution >= 4 is 11.3 Å². The Kier molecular flexibility index (Phi) is 3.22. The van der Waals surface area contributed by atoms with E-state index in [2.05, 4.69) is 10.3 Å². The molecule has 1 saturated heterocycles. The fourth-order valence-corrected chi connectivity index (χ4v) is 2.99. The largest absolute Gasteiger partial charge is 0.378 e. The molecular formula is C12H18N2OS. The highest BCUT2D eigenvalue weighted by Gasteiger charge is 2.21. The third-order valence-electron chi connectivity index (χ3n) is 3.17. The van der Waals surface area contributed by atoms with E-state index in [0.29, 0.717) is 6.10 Å². The molecule has 1 atom stereocenters. The molecule has 0 amide bonds. The van der Waals surface area contributed by atoms with Crippen molar-refractivity contribution in [3.8, 4) is 0 Å². The van der Waals surface area contributed by atoms with E-state index in [9.17, 15) is 0 Å². The van der Waals surface area contributed by atoms with Gasteiger partial charge in [0.25, 0.3) is 0 Å². The van der Waals surface area contributed by atoms with Crippen LogP contribution in [0, 0.1) is 0 Å². The number of nitrogens with one attached hydrogen (secondary N) is 1. The van der Waals surface area contributed by atoms with Gasteiger partial charge in [0.05, 0.1) is 11.1 Å². The molecule has 2 heterocycles. The Hall–Kier alpha value is -0.450. The van der Waals surface area contributed by atoms with E-state index in [0.717, 1.165) is 25.6 Å². The third-order valence-corrected chi connectivity index (χ3v) is 4.19. The molecule has 3 rings (SSSR count). The van der Waals surface area contributed by atoms with Crippen molar-refractivity contribution in [2.45, 2.75) is 50.8 Å². The second-order valence-electron chi connectivity index (χ2n) is 4.71. The Labute approximate surface area is 100 Å². The van der Waals surface area contributed by atoms with Gasteiger partial charge < -0.3 is 10.1 Å². The van der Waals surface area contributed by atoms with Gasteiger partial charge in [-0.15, -0.1) is 11.3 Å². The lowest BCUT2D eigenvalue weighted by atomic mass is 10.2. The van der Waals surface area contributed by atoms with Crippen LogP contribution >= 0.6 is 11.3 Å². The molecule has 0 aromatic carbocycles. The maximum absolute atomic E-state index is 5.63. The zero-order valence-corrected chi connectivity index (χ0v) is 10.3. The number of thiazole rings is 1. The Bertz CT molecular complexity index is 343. The first-order valence-electron chi connectivity index (χ1n) is 6.19. The third kappa shape index (κ3) is 2.81. The summed E-state index contributed by atoms with van der Waals surface area (Å²) >= 11 is 1.84. The molecule has 1 aromatic rings. The summed E-state index contributed by atoms with van der Waals surface area (Å²) < 4.78 is 5.63. The van der Waals surface area contributed by atoms with E-state index in [1.54, 1.807) is 0 Å². The molecule has 0 radical (unpaired) electrons.